The van der Waals surface area contributed by atoms with Crippen LogP contribution in [0.1, 0.15) is 12.0 Å². The molecule has 0 radical (unpaired) electrons. The van der Waals surface area contributed by atoms with Crippen LogP contribution in [-0.2, 0) is 11.3 Å². The molecule has 2 aromatic heterocycles. The molecular formula is C29H28ClN7O5. The van der Waals surface area contributed by atoms with Crippen molar-refractivity contribution in [1.82, 2.24) is 29.7 Å². The Morgan fingerprint density at radius 2 is 1.86 bits per heavy atom. The first kappa shape index (κ1) is 27.3. The van der Waals surface area contributed by atoms with Gasteiger partial charge in [-0.25, -0.2) is 14.8 Å². The van der Waals surface area contributed by atoms with E-state index >= 15 is 0 Å². The summed E-state index contributed by atoms with van der Waals surface area (Å²) in [7, 11) is 0. The van der Waals surface area contributed by atoms with Gasteiger partial charge in [0.1, 0.15) is 36.3 Å². The molecule has 6 rings (SSSR count). The summed E-state index contributed by atoms with van der Waals surface area (Å²) in [5.41, 5.74) is 0.876. The van der Waals surface area contributed by atoms with Crippen LogP contribution in [0.5, 0.6) is 17.2 Å². The third-order valence-electron chi connectivity index (χ3n) is 6.91. The molecule has 2 aliphatic rings. The van der Waals surface area contributed by atoms with E-state index in [1.165, 1.54) is 0 Å². The molecule has 2 amide bonds. The largest absolute Gasteiger partial charge is 0.486 e. The van der Waals surface area contributed by atoms with Gasteiger partial charge >= 0.3 is 6.09 Å². The van der Waals surface area contributed by atoms with Crippen molar-refractivity contribution in [3.05, 3.63) is 84.0 Å². The summed E-state index contributed by atoms with van der Waals surface area (Å²) in [6.45, 7) is 2.39. The number of ether oxygens (including phenoxy) is 3. The van der Waals surface area contributed by atoms with E-state index < -0.39 is 12.1 Å². The van der Waals surface area contributed by atoms with Crippen LogP contribution in [0, 0.1) is 0 Å². The Morgan fingerprint density at radius 1 is 1.02 bits per heavy atom. The highest BCUT2D eigenvalue weighted by Gasteiger charge is 2.34. The normalized spacial score (nSPS) is 16.2. The number of aromatic nitrogens is 4. The van der Waals surface area contributed by atoms with Gasteiger partial charge in [0.05, 0.1) is 6.04 Å². The van der Waals surface area contributed by atoms with Gasteiger partial charge in [-0.3, -0.25) is 9.36 Å². The number of amides is 2. The van der Waals surface area contributed by atoms with Crippen LogP contribution in [0.2, 0.25) is 5.15 Å². The highest BCUT2D eigenvalue weighted by Crippen LogP contribution is 2.31. The molecule has 0 saturated carbocycles. The molecular weight excluding hydrogens is 562 g/mol. The lowest BCUT2D eigenvalue weighted by Gasteiger charge is -2.41. The predicted molar refractivity (Wildman–Crippen MR) is 153 cm³/mol. The van der Waals surface area contributed by atoms with Gasteiger partial charge in [-0.15, -0.1) is 0 Å². The Labute approximate surface area is 246 Å². The van der Waals surface area contributed by atoms with Crippen molar-refractivity contribution in [2.45, 2.75) is 19.0 Å². The van der Waals surface area contributed by atoms with E-state index in [9.17, 15) is 9.59 Å². The molecule has 13 heteroatoms. The summed E-state index contributed by atoms with van der Waals surface area (Å²) >= 11 is 6.34. The second kappa shape index (κ2) is 12.4. The molecule has 0 spiro atoms. The summed E-state index contributed by atoms with van der Waals surface area (Å²) in [4.78, 5) is 43.0. The number of imidazole rings is 1. The fraction of sp³-hybridized carbons (Fsp3) is 0.276. The third kappa shape index (κ3) is 6.39. The van der Waals surface area contributed by atoms with Crippen molar-refractivity contribution in [3.8, 4) is 23.2 Å². The molecule has 12 nitrogen and oxygen atoms in total. The molecule has 1 N–H and O–H groups in total. The zero-order valence-electron chi connectivity index (χ0n) is 22.6. The SMILES string of the molecule is O=C(CC1CN(c2cc(Cl)nc(-n3ccnc3)n2)CCN1C(=O)Oc1ccccc1)NCc1ccc2c(c1)OCCO2. The van der Waals surface area contributed by atoms with Crippen molar-refractivity contribution in [2.75, 3.05) is 37.7 Å². The van der Waals surface area contributed by atoms with Crippen LogP contribution >= 0.6 is 11.6 Å². The Kier molecular flexibility index (Phi) is 8.04. The standard InChI is InChI=1S/C29H28ClN7O5/c30-25-16-26(34-28(33-25)36-9-8-31-19-36)35-10-11-37(29(39)42-22-4-2-1-3-5-22)21(18-35)15-27(38)32-17-20-6-7-23-24(14-20)41-13-12-40-23/h1-9,14,16,19,21H,10-13,15,17-18H2,(H,32,38). The Bertz CT molecular complexity index is 1550. The van der Waals surface area contributed by atoms with Crippen molar-refractivity contribution in [2.24, 2.45) is 0 Å². The lowest BCUT2D eigenvalue weighted by molar-refractivity contribution is -0.122. The molecule has 1 unspecified atom stereocenters. The molecule has 4 heterocycles. The monoisotopic (exact) mass is 589 g/mol. The molecule has 2 aliphatic heterocycles. The van der Waals surface area contributed by atoms with Gasteiger partial charge in [0.25, 0.3) is 0 Å². The summed E-state index contributed by atoms with van der Waals surface area (Å²) in [5, 5.41) is 3.23. The average molecular weight is 590 g/mol. The molecule has 2 aromatic carbocycles. The number of fused-ring (bicyclic) bond motifs is 1. The minimum Gasteiger partial charge on any atom is -0.486 e. The minimum atomic E-state index is -0.523. The summed E-state index contributed by atoms with van der Waals surface area (Å²) in [6, 6.07) is 15.6. The lowest BCUT2D eigenvalue weighted by Crippen LogP contribution is -2.57. The Balaban J connectivity index is 1.18. The molecule has 0 aliphatic carbocycles. The van der Waals surface area contributed by atoms with Gasteiger partial charge in [0.2, 0.25) is 11.9 Å². The van der Waals surface area contributed by atoms with E-state index in [1.807, 2.05) is 29.2 Å². The Morgan fingerprint density at radius 3 is 2.67 bits per heavy atom. The van der Waals surface area contributed by atoms with Gasteiger partial charge in [0.15, 0.2) is 11.5 Å². The lowest BCUT2D eigenvalue weighted by atomic mass is 10.1. The molecule has 0 bridgehead atoms. The minimum absolute atomic E-state index is 0.0537. The number of carbonyl (C=O) groups excluding carboxylic acids is 2. The number of hydrogen-bond donors (Lipinski definition) is 1. The number of hydrogen-bond acceptors (Lipinski definition) is 9. The van der Waals surface area contributed by atoms with E-state index in [4.69, 9.17) is 25.8 Å². The first-order valence-electron chi connectivity index (χ1n) is 13.5. The smallest absolute Gasteiger partial charge is 0.415 e. The van der Waals surface area contributed by atoms with Crippen LogP contribution in [0.3, 0.4) is 0 Å². The number of piperazine rings is 1. The number of halogens is 1. The number of carbonyl (C=O) groups is 2. The van der Waals surface area contributed by atoms with Gasteiger partial charge in [-0.1, -0.05) is 35.9 Å². The molecule has 4 aromatic rings. The molecule has 1 atom stereocenters. The van der Waals surface area contributed by atoms with Crippen LogP contribution in [0.4, 0.5) is 10.6 Å². The number of para-hydroxylation sites is 1. The quantitative estimate of drug-likeness (QED) is 0.323. The molecule has 1 saturated heterocycles. The van der Waals surface area contributed by atoms with E-state index in [-0.39, 0.29) is 17.5 Å². The van der Waals surface area contributed by atoms with E-state index in [0.29, 0.717) is 68.4 Å². The number of anilines is 1. The fourth-order valence-corrected chi connectivity index (χ4v) is 5.03. The van der Waals surface area contributed by atoms with Gasteiger partial charge in [0, 0.05) is 51.1 Å². The second-order valence-corrected chi connectivity index (χ2v) is 10.1. The van der Waals surface area contributed by atoms with Crippen LogP contribution < -0.4 is 24.4 Å². The zero-order chi connectivity index (χ0) is 28.9. The van der Waals surface area contributed by atoms with Gasteiger partial charge in [-0.2, -0.15) is 4.98 Å². The summed E-state index contributed by atoms with van der Waals surface area (Å²) in [6.07, 6.45) is 4.47. The number of rotatable bonds is 7. The molecule has 42 heavy (non-hydrogen) atoms. The number of benzene rings is 2. The van der Waals surface area contributed by atoms with Crippen molar-refractivity contribution in [1.29, 1.82) is 0 Å². The van der Waals surface area contributed by atoms with Gasteiger partial charge < -0.3 is 29.3 Å². The maximum absolute atomic E-state index is 13.3. The van der Waals surface area contributed by atoms with Crippen molar-refractivity contribution < 1.29 is 23.8 Å². The van der Waals surface area contributed by atoms with Crippen molar-refractivity contribution in [3.63, 3.8) is 0 Å². The second-order valence-electron chi connectivity index (χ2n) is 9.75. The third-order valence-corrected chi connectivity index (χ3v) is 7.11. The highest BCUT2D eigenvalue weighted by atomic mass is 35.5. The summed E-state index contributed by atoms with van der Waals surface area (Å²) < 4.78 is 18.5. The first-order chi connectivity index (χ1) is 20.5. The zero-order valence-corrected chi connectivity index (χ0v) is 23.3. The molecule has 216 valence electrons. The maximum atomic E-state index is 13.3. The molecule has 1 fully saturated rings. The van der Waals surface area contributed by atoms with Gasteiger partial charge in [-0.05, 0) is 29.8 Å². The van der Waals surface area contributed by atoms with E-state index in [1.54, 1.807) is 58.5 Å². The topological polar surface area (TPSA) is 124 Å². The van der Waals surface area contributed by atoms with Crippen molar-refractivity contribution >= 4 is 29.4 Å². The van der Waals surface area contributed by atoms with Crippen LogP contribution in [0.25, 0.3) is 5.95 Å². The first-order valence-corrected chi connectivity index (χ1v) is 13.9. The summed E-state index contributed by atoms with van der Waals surface area (Å²) in [5.74, 6) is 2.51. The Hall–Kier alpha value is -4.84. The maximum Gasteiger partial charge on any atom is 0.415 e. The number of nitrogens with zero attached hydrogens (tertiary/aromatic N) is 6. The average Bonchev–Trinajstić information content (AvgIpc) is 3.56. The van der Waals surface area contributed by atoms with E-state index in [2.05, 4.69) is 20.3 Å². The van der Waals surface area contributed by atoms with E-state index in [0.717, 1.165) is 5.56 Å². The fourth-order valence-electron chi connectivity index (χ4n) is 4.86. The highest BCUT2D eigenvalue weighted by molar-refractivity contribution is 6.29. The number of nitrogens with one attached hydrogen (secondary N) is 1. The predicted octanol–water partition coefficient (Wildman–Crippen LogP) is 3.48. The van der Waals surface area contributed by atoms with Crippen LogP contribution in [-0.4, -0.2) is 75.3 Å². The van der Waals surface area contributed by atoms with Crippen LogP contribution in [0.15, 0.2) is 73.3 Å².